The van der Waals surface area contributed by atoms with E-state index in [0.29, 0.717) is 11.6 Å². The quantitative estimate of drug-likeness (QED) is 0.377. The van der Waals surface area contributed by atoms with E-state index in [9.17, 15) is 13.6 Å². The second-order valence-electron chi connectivity index (χ2n) is 7.80. The van der Waals surface area contributed by atoms with Gasteiger partial charge in [-0.05, 0) is 60.2 Å². The normalized spacial score (nSPS) is 11.2. The number of aromatic nitrogens is 6. The molecule has 0 fully saturated rings. The molecule has 0 spiro atoms. The monoisotopic (exact) mass is 486 g/mol. The second-order valence-corrected chi connectivity index (χ2v) is 7.80. The second kappa shape index (κ2) is 9.57. The van der Waals surface area contributed by atoms with Crippen LogP contribution in [-0.2, 0) is 20.7 Å². The molecule has 0 aliphatic heterocycles. The van der Waals surface area contributed by atoms with Gasteiger partial charge in [0.15, 0.2) is 0 Å². The third-order valence-electron chi connectivity index (χ3n) is 5.51. The van der Waals surface area contributed by atoms with Gasteiger partial charge in [0, 0.05) is 25.2 Å². The Kier molecular flexibility index (Phi) is 6.54. The Morgan fingerprint density at radius 2 is 1.80 bits per heavy atom. The molecule has 2 heterocycles. The van der Waals surface area contributed by atoms with E-state index in [-0.39, 0.29) is 23.6 Å². The summed E-state index contributed by atoms with van der Waals surface area (Å²) in [5, 5.41) is 12.0. The Morgan fingerprint density at radius 1 is 1.03 bits per heavy atom. The van der Waals surface area contributed by atoms with Crippen molar-refractivity contribution in [2.75, 3.05) is 7.11 Å². The van der Waals surface area contributed by atoms with E-state index in [2.05, 4.69) is 20.3 Å². The summed E-state index contributed by atoms with van der Waals surface area (Å²) in [6.07, 6.45) is 0. The maximum Gasteiger partial charge on any atom is 0.387 e. The molecule has 10 nitrogen and oxygen atoms in total. The average Bonchev–Trinajstić information content (AvgIpc) is 3.30. The summed E-state index contributed by atoms with van der Waals surface area (Å²) >= 11 is 0. The fraction of sp³-hybridized carbons (Fsp3) is 0.304. The van der Waals surface area contributed by atoms with Gasteiger partial charge < -0.3 is 14.2 Å². The average molecular weight is 486 g/mol. The maximum atomic E-state index is 13.1. The van der Waals surface area contributed by atoms with Crippen molar-refractivity contribution < 1.29 is 23.0 Å². The molecule has 0 bridgehead atoms. The SMILES string of the molecule is COc1c(C)c(-c2ccc(OCc3c(OC(F)F)cccc3-n3nnn(C)c3=O)c(C)c2)nn1C. The largest absolute Gasteiger partial charge is 0.488 e. The van der Waals surface area contributed by atoms with Crippen LogP contribution in [0.15, 0.2) is 41.2 Å². The topological polar surface area (TPSA) is 98.2 Å². The van der Waals surface area contributed by atoms with Crippen LogP contribution in [0.25, 0.3) is 16.9 Å². The Hall–Kier alpha value is -4.22. The minimum absolute atomic E-state index is 0.125. The Labute approximate surface area is 199 Å². The van der Waals surface area contributed by atoms with Gasteiger partial charge in [-0.15, -0.1) is 0 Å². The van der Waals surface area contributed by atoms with Crippen LogP contribution < -0.4 is 19.9 Å². The fourth-order valence-electron chi connectivity index (χ4n) is 3.85. The molecule has 2 aromatic heterocycles. The van der Waals surface area contributed by atoms with Crippen molar-refractivity contribution in [3.63, 3.8) is 0 Å². The first kappa shape index (κ1) is 23.9. The summed E-state index contributed by atoms with van der Waals surface area (Å²) in [7, 11) is 4.83. The molecule has 12 heteroatoms. The maximum absolute atomic E-state index is 13.1. The lowest BCUT2D eigenvalue weighted by atomic mass is 10.1. The predicted molar refractivity (Wildman–Crippen MR) is 122 cm³/mol. The zero-order valence-corrected chi connectivity index (χ0v) is 19.8. The van der Waals surface area contributed by atoms with Gasteiger partial charge in [-0.2, -0.15) is 23.2 Å². The van der Waals surface area contributed by atoms with Crippen LogP contribution in [0.1, 0.15) is 16.7 Å². The van der Waals surface area contributed by atoms with E-state index in [0.717, 1.165) is 31.7 Å². The van der Waals surface area contributed by atoms with Gasteiger partial charge in [0.25, 0.3) is 0 Å². The minimum atomic E-state index is -3.05. The molecule has 0 unspecified atom stereocenters. The molecule has 0 aliphatic rings. The number of tetrazole rings is 1. The first-order valence-corrected chi connectivity index (χ1v) is 10.6. The van der Waals surface area contributed by atoms with Gasteiger partial charge in [0.2, 0.25) is 5.88 Å². The van der Waals surface area contributed by atoms with Crippen LogP contribution in [0.2, 0.25) is 0 Å². The molecular formula is C23H24F2N6O4. The summed E-state index contributed by atoms with van der Waals surface area (Å²) in [5.74, 6) is 1.07. The molecule has 0 aliphatic carbocycles. The van der Waals surface area contributed by atoms with Crippen LogP contribution in [-0.4, -0.2) is 43.3 Å². The highest BCUT2D eigenvalue weighted by molar-refractivity contribution is 5.67. The van der Waals surface area contributed by atoms with E-state index < -0.39 is 12.3 Å². The molecular weight excluding hydrogens is 462 g/mol. The van der Waals surface area contributed by atoms with E-state index >= 15 is 0 Å². The lowest BCUT2D eigenvalue weighted by Crippen LogP contribution is -2.23. The number of nitrogens with zero attached hydrogens (tertiary/aromatic N) is 6. The van der Waals surface area contributed by atoms with E-state index in [1.165, 1.54) is 19.2 Å². The van der Waals surface area contributed by atoms with Crippen molar-refractivity contribution in [1.82, 2.24) is 29.6 Å². The number of hydrogen-bond donors (Lipinski definition) is 0. The third-order valence-corrected chi connectivity index (χ3v) is 5.51. The zero-order chi connectivity index (χ0) is 25.3. The van der Waals surface area contributed by atoms with Crippen molar-refractivity contribution in [2.24, 2.45) is 14.1 Å². The van der Waals surface area contributed by atoms with Gasteiger partial charge in [-0.1, -0.05) is 6.07 Å². The molecule has 0 radical (unpaired) electrons. The summed E-state index contributed by atoms with van der Waals surface area (Å²) in [4.78, 5) is 12.4. The highest BCUT2D eigenvalue weighted by Gasteiger charge is 2.20. The standard InChI is InChI=1S/C23H24F2N6O4/c1-13-11-15(20-14(2)21(33-5)29(3)26-20)9-10-18(13)34-12-16-17(31-23(32)30(4)27-28-31)7-6-8-19(16)35-22(24)25/h6-11,22H,12H2,1-5H3. The van der Waals surface area contributed by atoms with Gasteiger partial charge in [-0.3, -0.25) is 0 Å². The van der Waals surface area contributed by atoms with Crippen LogP contribution >= 0.6 is 0 Å². The first-order valence-electron chi connectivity index (χ1n) is 10.6. The van der Waals surface area contributed by atoms with Crippen molar-refractivity contribution in [3.8, 4) is 34.3 Å². The Bertz CT molecular complexity index is 1430. The molecule has 0 saturated heterocycles. The summed E-state index contributed by atoms with van der Waals surface area (Å²) < 4.78 is 45.9. The molecule has 4 aromatic rings. The molecule has 0 N–H and O–H groups in total. The van der Waals surface area contributed by atoms with Gasteiger partial charge in [0.1, 0.15) is 18.1 Å². The molecule has 4 rings (SSSR count). The number of aryl methyl sites for hydroxylation is 3. The predicted octanol–water partition coefficient (Wildman–Crippen LogP) is 3.17. The molecule has 0 saturated carbocycles. The number of methoxy groups -OCH3 is 1. The minimum Gasteiger partial charge on any atom is -0.488 e. The smallest absolute Gasteiger partial charge is 0.387 e. The number of benzene rings is 2. The zero-order valence-electron chi connectivity index (χ0n) is 19.8. The van der Waals surface area contributed by atoms with Gasteiger partial charge in [-0.25, -0.2) is 9.48 Å². The number of alkyl halides is 2. The lowest BCUT2D eigenvalue weighted by Gasteiger charge is -2.16. The number of rotatable bonds is 8. The van der Waals surface area contributed by atoms with E-state index in [1.807, 2.05) is 26.0 Å². The molecule has 35 heavy (non-hydrogen) atoms. The Morgan fingerprint density at radius 3 is 2.40 bits per heavy atom. The first-order chi connectivity index (χ1) is 16.7. The number of ether oxygens (including phenoxy) is 3. The van der Waals surface area contributed by atoms with E-state index in [1.54, 1.807) is 31.0 Å². The highest BCUT2D eigenvalue weighted by Crippen LogP contribution is 2.33. The Balaban J connectivity index is 1.66. The van der Waals surface area contributed by atoms with Crippen LogP contribution in [0.4, 0.5) is 8.78 Å². The van der Waals surface area contributed by atoms with Gasteiger partial charge in [0.05, 0.1) is 24.1 Å². The van der Waals surface area contributed by atoms with E-state index in [4.69, 9.17) is 9.47 Å². The van der Waals surface area contributed by atoms with Crippen molar-refractivity contribution in [1.29, 1.82) is 0 Å². The summed E-state index contributed by atoms with van der Waals surface area (Å²) in [6.45, 7) is 0.584. The third kappa shape index (κ3) is 4.59. The molecule has 0 amide bonds. The number of hydrogen-bond acceptors (Lipinski definition) is 7. The summed E-state index contributed by atoms with van der Waals surface area (Å²) in [5.41, 5.74) is 3.27. The van der Waals surface area contributed by atoms with Crippen LogP contribution in [0, 0.1) is 13.8 Å². The van der Waals surface area contributed by atoms with Crippen molar-refractivity contribution in [2.45, 2.75) is 27.1 Å². The fourth-order valence-corrected chi connectivity index (χ4v) is 3.85. The summed E-state index contributed by atoms with van der Waals surface area (Å²) in [6, 6.07) is 9.97. The van der Waals surface area contributed by atoms with Crippen LogP contribution in [0.3, 0.4) is 0 Å². The van der Waals surface area contributed by atoms with Crippen molar-refractivity contribution in [3.05, 3.63) is 63.6 Å². The molecule has 184 valence electrons. The highest BCUT2D eigenvalue weighted by atomic mass is 19.3. The number of halogens is 2. The lowest BCUT2D eigenvalue weighted by molar-refractivity contribution is -0.0508. The van der Waals surface area contributed by atoms with Crippen molar-refractivity contribution >= 4 is 0 Å². The van der Waals surface area contributed by atoms with Crippen LogP contribution in [0.5, 0.6) is 17.4 Å². The molecule has 2 aromatic carbocycles. The molecule has 0 atom stereocenters. The van der Waals surface area contributed by atoms with Gasteiger partial charge >= 0.3 is 12.3 Å².